The average Bonchev–Trinajstić information content (AvgIpc) is 2.88. The molecule has 0 saturated carbocycles. The molecule has 0 aromatic rings. The van der Waals surface area contributed by atoms with Crippen LogP contribution in [0, 0.1) is 0 Å². The van der Waals surface area contributed by atoms with Gasteiger partial charge in [-0.3, -0.25) is 0 Å². The summed E-state index contributed by atoms with van der Waals surface area (Å²) in [5.74, 6) is -57.1. The predicted octanol–water partition coefficient (Wildman–Crippen LogP) is 11.1. The van der Waals surface area contributed by atoms with Crippen LogP contribution in [-0.2, 0) is 0 Å². The van der Waals surface area contributed by atoms with Crippen molar-refractivity contribution in [2.24, 2.45) is 0 Å². The van der Waals surface area contributed by atoms with Crippen molar-refractivity contribution in [3.63, 3.8) is 0 Å². The van der Waals surface area contributed by atoms with Crippen LogP contribution >= 0.6 is 11.8 Å². The van der Waals surface area contributed by atoms with Crippen LogP contribution in [0.1, 0.15) is 77.6 Å². The predicted molar refractivity (Wildman–Crippen MR) is 136 cm³/mol. The molecule has 0 atom stereocenters. The number of hydrogen-bond donors (Lipinski definition) is 0. The Labute approximate surface area is 255 Å². The summed E-state index contributed by atoms with van der Waals surface area (Å²) in [4.78, 5) is 0. The normalized spacial score (nSPS) is 15.2. The lowest BCUT2D eigenvalue weighted by Gasteiger charge is -2.42. The fraction of sp³-hybridized carbons (Fsp3) is 1.00. The van der Waals surface area contributed by atoms with Gasteiger partial charge in [-0.15, -0.1) is 0 Å². The van der Waals surface area contributed by atoms with Gasteiger partial charge in [0, 0.05) is 12.2 Å². The molecule has 45 heavy (non-hydrogen) atoms. The number of halogens is 17. The van der Waals surface area contributed by atoms with Crippen LogP contribution in [0.2, 0.25) is 0 Å². The molecule has 0 bridgehead atoms. The first-order valence-corrected chi connectivity index (χ1v) is 15.3. The van der Waals surface area contributed by atoms with Gasteiger partial charge in [0.15, 0.2) is 0 Å². The van der Waals surface area contributed by atoms with Crippen LogP contribution in [0.4, 0.5) is 74.6 Å². The summed E-state index contributed by atoms with van der Waals surface area (Å²) >= 11 is 0.462. The van der Waals surface area contributed by atoms with Crippen molar-refractivity contribution in [3.05, 3.63) is 0 Å². The Kier molecular flexibility index (Phi) is 15.7. The van der Waals surface area contributed by atoms with Crippen molar-refractivity contribution in [1.82, 2.24) is 0 Å². The summed E-state index contributed by atoms with van der Waals surface area (Å²) < 4.78 is 227. The van der Waals surface area contributed by atoms with E-state index in [1.165, 1.54) is 19.3 Å². The third-order valence-electron chi connectivity index (χ3n) is 7.31. The Bertz CT molecular complexity index is 872. The lowest BCUT2D eigenvalue weighted by Crippen LogP contribution is -2.74. The monoisotopic (exact) mass is 720 g/mol. The molecular formula is C26H39F17NS+. The Morgan fingerprint density at radius 2 is 0.778 bits per heavy atom. The minimum Gasteiger partial charge on any atom is -0.328 e. The zero-order chi connectivity index (χ0) is 35.8. The minimum atomic E-state index is -8.59. The topological polar surface area (TPSA) is 0 Å². The van der Waals surface area contributed by atoms with E-state index < -0.39 is 59.8 Å². The summed E-state index contributed by atoms with van der Waals surface area (Å²) in [6.07, 6.45) is 0.573. The van der Waals surface area contributed by atoms with Crippen LogP contribution in [0.15, 0.2) is 0 Å². The van der Waals surface area contributed by atoms with Crippen molar-refractivity contribution in [2.75, 3.05) is 38.7 Å². The number of alkyl halides is 17. The molecule has 0 fully saturated rings. The molecule has 1 nitrogen and oxygen atoms in total. The fourth-order valence-electron chi connectivity index (χ4n) is 4.11. The summed E-state index contributed by atoms with van der Waals surface area (Å²) in [7, 11) is 3.50. The van der Waals surface area contributed by atoms with Gasteiger partial charge in [-0.05, 0) is 18.6 Å². The first-order chi connectivity index (χ1) is 20.0. The molecule has 0 aromatic heterocycles. The molecule has 19 heteroatoms. The molecule has 0 aromatic carbocycles. The standard InChI is InChI=1S/C26H39F17NS/c1-4-5-6-7-8-9-10-11-12-13-15-44(2,3)16-18-45-17-14-19(27,28)20(29,30)21(31,32)22(33,34)23(35,36)24(37,38)25(39,40)26(41,42)43/h4-18H2,1-3H3/q+1. The number of unbranched alkanes of at least 4 members (excludes halogenated alkanes) is 9. The first-order valence-electron chi connectivity index (χ1n) is 14.1. The maximum absolute atomic E-state index is 14.0. The van der Waals surface area contributed by atoms with Gasteiger partial charge in [0.05, 0.1) is 27.2 Å². The first kappa shape index (κ1) is 44.1. The second kappa shape index (κ2) is 16.0. The maximum Gasteiger partial charge on any atom is 0.460 e. The molecule has 272 valence electrons. The highest BCUT2D eigenvalue weighted by Crippen LogP contribution is 2.64. The van der Waals surface area contributed by atoms with Gasteiger partial charge in [0.25, 0.3) is 0 Å². The van der Waals surface area contributed by atoms with E-state index in [1.54, 1.807) is 14.1 Å². The van der Waals surface area contributed by atoms with E-state index >= 15 is 0 Å². The average molecular weight is 721 g/mol. The molecule has 0 radical (unpaired) electrons. The van der Waals surface area contributed by atoms with E-state index in [0.29, 0.717) is 22.8 Å². The van der Waals surface area contributed by atoms with Gasteiger partial charge in [-0.2, -0.15) is 86.4 Å². The maximum atomic E-state index is 14.0. The van der Waals surface area contributed by atoms with Gasteiger partial charge in [-0.1, -0.05) is 58.3 Å². The van der Waals surface area contributed by atoms with Crippen LogP contribution in [0.25, 0.3) is 0 Å². The van der Waals surface area contributed by atoms with E-state index in [9.17, 15) is 74.6 Å². The van der Waals surface area contributed by atoms with E-state index in [-0.39, 0.29) is 12.3 Å². The molecule has 0 spiro atoms. The second-order valence-electron chi connectivity index (χ2n) is 11.6. The molecule has 0 N–H and O–H groups in total. The van der Waals surface area contributed by atoms with Crippen LogP contribution in [0.3, 0.4) is 0 Å². The minimum absolute atomic E-state index is 0.0459. The zero-order valence-electron chi connectivity index (χ0n) is 24.9. The van der Waals surface area contributed by atoms with Crippen molar-refractivity contribution in [2.45, 2.75) is 125 Å². The third kappa shape index (κ3) is 10.1. The summed E-state index contributed by atoms with van der Waals surface area (Å²) in [6, 6.07) is 0. The molecule has 0 aliphatic rings. The second-order valence-corrected chi connectivity index (χ2v) is 12.8. The number of rotatable bonds is 23. The molecule has 0 aliphatic heterocycles. The molecule has 0 saturated heterocycles. The number of quaternary nitrogens is 1. The Hall–Kier alpha value is -0.880. The molecule has 0 rings (SSSR count). The van der Waals surface area contributed by atoms with Gasteiger partial charge in [-0.25, -0.2) is 0 Å². The van der Waals surface area contributed by atoms with Crippen molar-refractivity contribution >= 4 is 11.8 Å². The Morgan fingerprint density at radius 3 is 1.18 bits per heavy atom. The smallest absolute Gasteiger partial charge is 0.328 e. The highest BCUT2D eigenvalue weighted by atomic mass is 32.2. The van der Waals surface area contributed by atoms with E-state index in [2.05, 4.69) is 6.92 Å². The Morgan fingerprint density at radius 1 is 0.422 bits per heavy atom. The number of nitrogens with zero attached hydrogens (tertiary/aromatic N) is 1. The molecule has 0 unspecified atom stereocenters. The lowest BCUT2D eigenvalue weighted by molar-refractivity contribution is -0.888. The van der Waals surface area contributed by atoms with E-state index in [1.807, 2.05) is 0 Å². The summed E-state index contributed by atoms with van der Waals surface area (Å²) in [5.41, 5.74) is 0. The van der Waals surface area contributed by atoms with Crippen LogP contribution in [0.5, 0.6) is 0 Å². The van der Waals surface area contributed by atoms with Crippen molar-refractivity contribution < 1.29 is 79.1 Å². The van der Waals surface area contributed by atoms with E-state index in [4.69, 9.17) is 0 Å². The van der Waals surface area contributed by atoms with Crippen LogP contribution in [-0.4, -0.2) is 90.8 Å². The van der Waals surface area contributed by atoms with Gasteiger partial charge >= 0.3 is 47.6 Å². The van der Waals surface area contributed by atoms with Crippen molar-refractivity contribution in [3.8, 4) is 0 Å². The lowest BCUT2D eigenvalue weighted by atomic mass is 9.88. The van der Waals surface area contributed by atoms with Crippen molar-refractivity contribution in [1.29, 1.82) is 0 Å². The van der Waals surface area contributed by atoms with Crippen LogP contribution < -0.4 is 0 Å². The highest BCUT2D eigenvalue weighted by molar-refractivity contribution is 7.99. The molecule has 0 aliphatic carbocycles. The Balaban J connectivity index is 5.15. The van der Waals surface area contributed by atoms with Gasteiger partial charge in [0.1, 0.15) is 0 Å². The summed E-state index contributed by atoms with van der Waals surface area (Å²) in [6.45, 7) is 2.99. The van der Waals surface area contributed by atoms with Gasteiger partial charge < -0.3 is 4.48 Å². The van der Waals surface area contributed by atoms with E-state index in [0.717, 1.165) is 44.9 Å². The SMILES string of the molecule is CCCCCCCCCCCC[N+](C)(C)CCSCCC(F)(F)C(F)(F)C(F)(F)C(F)(F)C(F)(F)C(F)(F)C(F)(F)C(F)(F)F. The summed E-state index contributed by atoms with van der Waals surface area (Å²) in [5, 5.41) is 0. The number of hydrogen-bond acceptors (Lipinski definition) is 1. The third-order valence-corrected chi connectivity index (χ3v) is 8.27. The molecule has 0 heterocycles. The zero-order valence-corrected chi connectivity index (χ0v) is 25.7. The molecular weight excluding hydrogens is 681 g/mol. The number of thioether (sulfide) groups is 1. The highest BCUT2D eigenvalue weighted by Gasteiger charge is 2.95. The molecule has 0 amide bonds. The largest absolute Gasteiger partial charge is 0.460 e. The quantitative estimate of drug-likeness (QED) is 0.0575. The fourth-order valence-corrected chi connectivity index (χ4v) is 5.33. The van der Waals surface area contributed by atoms with Gasteiger partial charge in [0.2, 0.25) is 0 Å².